The van der Waals surface area contributed by atoms with Crippen molar-refractivity contribution in [3.63, 3.8) is 0 Å². The van der Waals surface area contributed by atoms with Gasteiger partial charge in [-0.15, -0.1) is 0 Å². The molecule has 0 aliphatic heterocycles. The Morgan fingerprint density at radius 3 is 2.93 bits per heavy atom. The smallest absolute Gasteiger partial charge is 0.405 e. The molecule has 0 saturated heterocycles. The number of carbonyl (C=O) groups is 1. The van der Waals surface area contributed by atoms with Crippen molar-refractivity contribution >= 4 is 17.7 Å². The predicted octanol–water partition coefficient (Wildman–Crippen LogP) is 3.19. The standard InChI is InChI=1S/C19H20FN7O2/c1-27-9-12(8-23-27)24-18-22-10-21-17(26-18)14-6-11-4-2-3-5-16(25-19(28)29)13(11)7-15(14)20/h6-10,16,25H,2-5H2,1H3,(H,28,29)(H,21,22,24,26). The summed E-state index contributed by atoms with van der Waals surface area (Å²) < 4.78 is 16.6. The fourth-order valence-corrected chi connectivity index (χ4v) is 3.57. The lowest BCUT2D eigenvalue weighted by molar-refractivity contribution is 0.189. The third-order valence-electron chi connectivity index (χ3n) is 4.86. The van der Waals surface area contributed by atoms with E-state index in [1.807, 2.05) is 0 Å². The number of carboxylic acid groups (broad SMARTS) is 1. The number of hydrogen-bond acceptors (Lipinski definition) is 6. The number of aryl methyl sites for hydroxylation is 2. The Morgan fingerprint density at radius 1 is 1.31 bits per heavy atom. The summed E-state index contributed by atoms with van der Waals surface area (Å²) in [5, 5.41) is 18.7. The van der Waals surface area contributed by atoms with Crippen molar-refractivity contribution in [1.82, 2.24) is 30.0 Å². The number of benzene rings is 1. The molecule has 1 aromatic carbocycles. The van der Waals surface area contributed by atoms with Crippen molar-refractivity contribution < 1.29 is 14.3 Å². The van der Waals surface area contributed by atoms with Crippen LogP contribution < -0.4 is 10.6 Å². The molecule has 1 aliphatic rings. The molecule has 0 saturated carbocycles. The van der Waals surface area contributed by atoms with Gasteiger partial charge in [0.05, 0.1) is 23.5 Å². The first-order valence-electron chi connectivity index (χ1n) is 9.26. The fourth-order valence-electron chi connectivity index (χ4n) is 3.57. The fraction of sp³-hybridized carbons (Fsp3) is 0.316. The van der Waals surface area contributed by atoms with Gasteiger partial charge in [0.15, 0.2) is 5.82 Å². The predicted molar refractivity (Wildman–Crippen MR) is 103 cm³/mol. The molecule has 3 aromatic rings. The summed E-state index contributed by atoms with van der Waals surface area (Å²) in [6.07, 6.45) is 6.75. The number of halogens is 1. The topological polar surface area (TPSA) is 118 Å². The van der Waals surface area contributed by atoms with Gasteiger partial charge in [-0.25, -0.2) is 19.2 Å². The van der Waals surface area contributed by atoms with Gasteiger partial charge in [-0.05, 0) is 42.5 Å². The van der Waals surface area contributed by atoms with Crippen molar-refractivity contribution in [2.45, 2.75) is 31.7 Å². The van der Waals surface area contributed by atoms with E-state index in [2.05, 4.69) is 30.7 Å². The van der Waals surface area contributed by atoms with Crippen molar-refractivity contribution in [2.75, 3.05) is 5.32 Å². The van der Waals surface area contributed by atoms with E-state index in [1.165, 1.54) is 12.4 Å². The molecular formula is C19H20FN7O2. The average Bonchev–Trinajstić information content (AvgIpc) is 2.99. The summed E-state index contributed by atoms with van der Waals surface area (Å²) in [6.45, 7) is 0. The SMILES string of the molecule is Cn1cc(Nc2ncnc(-c3cc4c(cc3F)C(NC(=O)O)CCCC4)n2)cn1. The third kappa shape index (κ3) is 4.15. The van der Waals surface area contributed by atoms with E-state index < -0.39 is 18.0 Å². The van der Waals surface area contributed by atoms with Crippen LogP contribution in [0.15, 0.2) is 30.9 Å². The number of nitrogens with zero attached hydrogens (tertiary/aromatic N) is 5. The number of fused-ring (bicyclic) bond motifs is 1. The summed E-state index contributed by atoms with van der Waals surface area (Å²) >= 11 is 0. The van der Waals surface area contributed by atoms with Gasteiger partial charge in [0.1, 0.15) is 12.1 Å². The van der Waals surface area contributed by atoms with Gasteiger partial charge in [-0.3, -0.25) is 4.68 Å². The van der Waals surface area contributed by atoms with Crippen LogP contribution in [0.1, 0.15) is 36.4 Å². The minimum Gasteiger partial charge on any atom is -0.465 e. The van der Waals surface area contributed by atoms with Gasteiger partial charge in [0, 0.05) is 13.2 Å². The Kier molecular flexibility index (Phi) is 5.07. The quantitative estimate of drug-likeness (QED) is 0.579. The molecule has 2 aromatic heterocycles. The van der Waals surface area contributed by atoms with Crippen LogP contribution in [0.5, 0.6) is 0 Å². The maximum atomic E-state index is 15.0. The minimum absolute atomic E-state index is 0.207. The normalized spacial score (nSPS) is 16.0. The van der Waals surface area contributed by atoms with Gasteiger partial charge in [-0.2, -0.15) is 10.1 Å². The van der Waals surface area contributed by atoms with Crippen LogP contribution in [-0.2, 0) is 13.5 Å². The molecule has 29 heavy (non-hydrogen) atoms. The lowest BCUT2D eigenvalue weighted by Crippen LogP contribution is -2.27. The maximum Gasteiger partial charge on any atom is 0.405 e. The number of amides is 1. The lowest BCUT2D eigenvalue weighted by atomic mass is 9.96. The first-order chi connectivity index (χ1) is 14.0. The average molecular weight is 397 g/mol. The highest BCUT2D eigenvalue weighted by Crippen LogP contribution is 2.33. The molecule has 0 fully saturated rings. The Bertz CT molecular complexity index is 1050. The monoisotopic (exact) mass is 397 g/mol. The maximum absolute atomic E-state index is 15.0. The lowest BCUT2D eigenvalue weighted by Gasteiger charge is -2.18. The first-order valence-corrected chi connectivity index (χ1v) is 9.26. The summed E-state index contributed by atoms with van der Waals surface area (Å²) in [5.41, 5.74) is 2.54. The Morgan fingerprint density at radius 2 is 2.17 bits per heavy atom. The van der Waals surface area contributed by atoms with Gasteiger partial charge in [-0.1, -0.05) is 6.42 Å². The Labute approximate surface area is 166 Å². The van der Waals surface area contributed by atoms with Crippen molar-refractivity contribution in [3.05, 3.63) is 47.8 Å². The molecule has 9 nitrogen and oxygen atoms in total. The summed E-state index contributed by atoms with van der Waals surface area (Å²) in [7, 11) is 1.79. The first kappa shape index (κ1) is 18.8. The highest BCUT2D eigenvalue weighted by atomic mass is 19.1. The Hall–Kier alpha value is -3.56. The van der Waals surface area contributed by atoms with Crippen LogP contribution >= 0.6 is 0 Å². The summed E-state index contributed by atoms with van der Waals surface area (Å²) in [5.74, 6) is -0.0113. The van der Waals surface area contributed by atoms with Gasteiger partial charge in [0.25, 0.3) is 0 Å². The van der Waals surface area contributed by atoms with Crippen LogP contribution in [0, 0.1) is 5.82 Å². The molecule has 10 heteroatoms. The van der Waals surface area contributed by atoms with Crippen LogP contribution in [-0.4, -0.2) is 35.9 Å². The van der Waals surface area contributed by atoms with E-state index in [0.717, 1.165) is 24.8 Å². The molecule has 1 amide bonds. The second-order valence-corrected chi connectivity index (χ2v) is 6.94. The Balaban J connectivity index is 1.68. The number of nitrogens with one attached hydrogen (secondary N) is 2. The zero-order valence-electron chi connectivity index (χ0n) is 15.8. The van der Waals surface area contributed by atoms with E-state index in [9.17, 15) is 9.18 Å². The number of anilines is 2. The molecule has 150 valence electrons. The molecule has 2 heterocycles. The number of rotatable bonds is 4. The zero-order chi connectivity index (χ0) is 20.4. The van der Waals surface area contributed by atoms with Gasteiger partial charge >= 0.3 is 6.09 Å². The van der Waals surface area contributed by atoms with Crippen molar-refractivity contribution in [2.24, 2.45) is 7.05 Å². The van der Waals surface area contributed by atoms with E-state index in [-0.39, 0.29) is 17.3 Å². The second kappa shape index (κ2) is 7.82. The van der Waals surface area contributed by atoms with Crippen molar-refractivity contribution in [1.29, 1.82) is 0 Å². The van der Waals surface area contributed by atoms with E-state index in [4.69, 9.17) is 5.11 Å². The molecule has 0 spiro atoms. The molecule has 1 unspecified atom stereocenters. The minimum atomic E-state index is -1.11. The summed E-state index contributed by atoms with van der Waals surface area (Å²) in [6, 6.07) is 2.69. The van der Waals surface area contributed by atoms with Gasteiger partial charge in [0.2, 0.25) is 5.95 Å². The molecule has 3 N–H and O–H groups in total. The zero-order valence-corrected chi connectivity index (χ0v) is 15.8. The number of hydrogen-bond donors (Lipinski definition) is 3. The highest BCUT2D eigenvalue weighted by Gasteiger charge is 2.23. The number of aromatic nitrogens is 5. The van der Waals surface area contributed by atoms with Crippen molar-refractivity contribution in [3.8, 4) is 11.4 Å². The molecule has 1 aliphatic carbocycles. The molecule has 1 atom stereocenters. The molecule has 0 bridgehead atoms. The van der Waals surface area contributed by atoms with E-state index >= 15 is 0 Å². The van der Waals surface area contributed by atoms with E-state index in [1.54, 1.807) is 30.2 Å². The van der Waals surface area contributed by atoms with Crippen LogP contribution in [0.2, 0.25) is 0 Å². The van der Waals surface area contributed by atoms with Crippen LogP contribution in [0.25, 0.3) is 11.4 Å². The second-order valence-electron chi connectivity index (χ2n) is 6.94. The summed E-state index contributed by atoms with van der Waals surface area (Å²) in [4.78, 5) is 23.6. The van der Waals surface area contributed by atoms with Crippen LogP contribution in [0.3, 0.4) is 0 Å². The third-order valence-corrected chi connectivity index (χ3v) is 4.86. The van der Waals surface area contributed by atoms with E-state index in [0.29, 0.717) is 17.7 Å². The molecular weight excluding hydrogens is 377 g/mol. The molecule has 0 radical (unpaired) electrons. The highest BCUT2D eigenvalue weighted by molar-refractivity contribution is 5.66. The van der Waals surface area contributed by atoms with Crippen LogP contribution in [0.4, 0.5) is 20.8 Å². The van der Waals surface area contributed by atoms with Gasteiger partial charge < -0.3 is 15.7 Å². The largest absolute Gasteiger partial charge is 0.465 e. The molecule has 4 rings (SSSR count).